The Labute approximate surface area is 227 Å². The van der Waals surface area contributed by atoms with Crippen LogP contribution in [0.2, 0.25) is 0 Å². The van der Waals surface area contributed by atoms with E-state index in [-0.39, 0.29) is 24.7 Å². The number of nitrogen functional groups attached to an aromatic ring is 1. The molecule has 212 valence electrons. The molecule has 1 saturated heterocycles. The average Bonchev–Trinajstić information content (AvgIpc) is 3.55. The number of carbonyl (C=O) groups excluding carboxylic acids is 3. The quantitative estimate of drug-likeness (QED) is 0.366. The number of hydrogen-bond donors (Lipinski definition) is 2. The molecule has 11 nitrogen and oxygen atoms in total. The van der Waals surface area contributed by atoms with Crippen LogP contribution in [0.4, 0.5) is 19.0 Å². The Kier molecular flexibility index (Phi) is 8.97. The van der Waals surface area contributed by atoms with Gasteiger partial charge in [0.05, 0.1) is 17.1 Å². The number of anilines is 1. The standard InChI is InChI=1S/C26H29F3N8O3/c27-26(28,29)19-6-3-5-18(13-19)15-31-25(40)21-16-37(34-33-21)11-2-1-9-35-12-8-20(14-22(35)30)32-23(38)17-36-10-4-7-24(36)39/h3,5-6,8,12-14,16H,1-2,4,7,9-11,15,17,30H2,(H,31,40). The molecule has 1 aliphatic heterocycles. The first-order valence-electron chi connectivity index (χ1n) is 12.7. The molecule has 1 aliphatic rings. The maximum absolute atomic E-state index is 12.9. The number of likely N-dealkylation sites (tertiary alicyclic amines) is 1. The number of alkyl halides is 3. The highest BCUT2D eigenvalue weighted by Crippen LogP contribution is 2.29. The van der Waals surface area contributed by atoms with Gasteiger partial charge in [-0.15, -0.1) is 5.10 Å². The lowest BCUT2D eigenvalue weighted by atomic mass is 10.1. The van der Waals surface area contributed by atoms with Crippen molar-refractivity contribution in [3.63, 3.8) is 0 Å². The maximum Gasteiger partial charge on any atom is 0.416 e. The number of nitrogens with zero attached hydrogens (tertiary/aromatic N) is 6. The van der Waals surface area contributed by atoms with E-state index in [1.165, 1.54) is 27.9 Å². The molecule has 0 radical (unpaired) electrons. The molecule has 0 saturated carbocycles. The van der Waals surface area contributed by atoms with Crippen LogP contribution in [0.3, 0.4) is 0 Å². The van der Waals surface area contributed by atoms with Crippen LogP contribution in [-0.4, -0.2) is 55.3 Å². The molecular weight excluding hydrogens is 529 g/mol. The van der Waals surface area contributed by atoms with Crippen LogP contribution in [0.15, 0.2) is 53.8 Å². The summed E-state index contributed by atoms with van der Waals surface area (Å²) in [5, 5.41) is 10.8. The van der Waals surface area contributed by atoms with Crippen LogP contribution in [0, 0.1) is 0 Å². The fourth-order valence-electron chi connectivity index (χ4n) is 4.22. The van der Waals surface area contributed by atoms with Crippen LogP contribution in [0.5, 0.6) is 0 Å². The highest BCUT2D eigenvalue weighted by Gasteiger charge is 2.30. The summed E-state index contributed by atoms with van der Waals surface area (Å²) < 4.78 is 41.9. The highest BCUT2D eigenvalue weighted by molar-refractivity contribution is 5.91. The number of benzene rings is 1. The number of unbranched alkanes of at least 4 members (excludes halogenated alkanes) is 1. The first-order valence-corrected chi connectivity index (χ1v) is 12.7. The number of pyridine rings is 1. The topological polar surface area (TPSA) is 140 Å². The number of carbonyl (C=O) groups is 3. The number of nitrogens with one attached hydrogen (secondary N) is 1. The summed E-state index contributed by atoms with van der Waals surface area (Å²) in [6, 6.07) is 8.03. The molecule has 3 aromatic rings. The van der Waals surface area contributed by atoms with E-state index < -0.39 is 23.6 Å². The summed E-state index contributed by atoms with van der Waals surface area (Å²) >= 11 is 0. The van der Waals surface area contributed by atoms with Crippen molar-refractivity contribution in [1.82, 2.24) is 29.8 Å². The van der Waals surface area contributed by atoms with Gasteiger partial charge in [-0.2, -0.15) is 13.2 Å². The molecule has 1 aromatic carbocycles. The number of hydrogen-bond acceptors (Lipinski definition) is 6. The van der Waals surface area contributed by atoms with Crippen molar-refractivity contribution in [3.8, 4) is 0 Å². The van der Waals surface area contributed by atoms with Gasteiger partial charge in [-0.25, -0.2) is 4.99 Å². The van der Waals surface area contributed by atoms with E-state index in [0.29, 0.717) is 49.2 Å². The Morgan fingerprint density at radius 1 is 1.12 bits per heavy atom. The van der Waals surface area contributed by atoms with Gasteiger partial charge in [0.2, 0.25) is 5.91 Å². The van der Waals surface area contributed by atoms with E-state index in [1.807, 2.05) is 4.57 Å². The third-order valence-electron chi connectivity index (χ3n) is 6.32. The molecule has 4 rings (SSSR count). The van der Waals surface area contributed by atoms with Gasteiger partial charge in [-0.1, -0.05) is 17.3 Å². The molecule has 0 bridgehead atoms. The number of rotatable bonds is 10. The normalized spacial score (nSPS) is 14.1. The molecule has 3 N–H and O–H groups in total. The van der Waals surface area contributed by atoms with Crippen molar-refractivity contribution in [3.05, 3.63) is 71.0 Å². The van der Waals surface area contributed by atoms with Gasteiger partial charge in [0.25, 0.3) is 11.8 Å². The van der Waals surface area contributed by atoms with Crippen LogP contribution >= 0.6 is 0 Å². The third kappa shape index (κ3) is 7.77. The van der Waals surface area contributed by atoms with Gasteiger partial charge < -0.3 is 20.5 Å². The van der Waals surface area contributed by atoms with Crippen LogP contribution in [0.1, 0.15) is 47.3 Å². The summed E-state index contributed by atoms with van der Waals surface area (Å²) in [5.41, 5.74) is 5.71. The zero-order valence-electron chi connectivity index (χ0n) is 21.6. The number of aromatic nitrogens is 4. The molecule has 0 aliphatic carbocycles. The van der Waals surface area contributed by atoms with Crippen molar-refractivity contribution < 1.29 is 27.6 Å². The van der Waals surface area contributed by atoms with Crippen molar-refractivity contribution in [2.45, 2.75) is 51.5 Å². The summed E-state index contributed by atoms with van der Waals surface area (Å²) in [6.07, 6.45) is 1.42. The molecule has 3 heterocycles. The van der Waals surface area contributed by atoms with Gasteiger partial charge >= 0.3 is 6.18 Å². The Morgan fingerprint density at radius 3 is 2.65 bits per heavy atom. The van der Waals surface area contributed by atoms with Gasteiger partial charge in [0.1, 0.15) is 12.4 Å². The van der Waals surface area contributed by atoms with Crippen LogP contribution in [0.25, 0.3) is 0 Å². The van der Waals surface area contributed by atoms with Gasteiger partial charge in [-0.3, -0.25) is 19.1 Å². The van der Waals surface area contributed by atoms with Crippen molar-refractivity contribution in [1.29, 1.82) is 0 Å². The van der Waals surface area contributed by atoms with Crippen molar-refractivity contribution in [2.24, 2.45) is 4.99 Å². The summed E-state index contributed by atoms with van der Waals surface area (Å²) in [5.74, 6) is -0.535. The summed E-state index contributed by atoms with van der Waals surface area (Å²) in [6.45, 7) is 1.55. The molecule has 1 fully saturated rings. The largest absolute Gasteiger partial charge is 0.416 e. The van der Waals surface area contributed by atoms with E-state index >= 15 is 0 Å². The highest BCUT2D eigenvalue weighted by atomic mass is 19.4. The number of nitrogens with two attached hydrogens (primary N) is 1. The molecule has 0 unspecified atom stereocenters. The number of aryl methyl sites for hydroxylation is 2. The van der Waals surface area contributed by atoms with Crippen molar-refractivity contribution in [2.75, 3.05) is 18.8 Å². The van der Waals surface area contributed by atoms with E-state index in [0.717, 1.165) is 25.0 Å². The van der Waals surface area contributed by atoms with Gasteiger partial charge in [0, 0.05) is 44.9 Å². The Balaban J connectivity index is 1.21. The van der Waals surface area contributed by atoms with Crippen LogP contribution in [-0.2, 0) is 35.4 Å². The van der Waals surface area contributed by atoms with Crippen molar-refractivity contribution >= 4 is 23.5 Å². The fraction of sp³-hybridized carbons (Fsp3) is 0.385. The predicted molar refractivity (Wildman–Crippen MR) is 137 cm³/mol. The SMILES string of the molecule is Nc1cc(=NC(=O)CN2CCCC2=O)ccn1CCCCn1cc(C(=O)NCc2cccc(C(F)(F)F)c2)nn1. The zero-order valence-corrected chi connectivity index (χ0v) is 21.6. The second-order valence-electron chi connectivity index (χ2n) is 9.38. The lowest BCUT2D eigenvalue weighted by Gasteiger charge is -2.12. The maximum atomic E-state index is 12.9. The molecule has 3 amide bonds. The number of halogens is 3. The smallest absolute Gasteiger partial charge is 0.385 e. The monoisotopic (exact) mass is 558 g/mol. The second kappa shape index (κ2) is 12.6. The molecule has 40 heavy (non-hydrogen) atoms. The van der Waals surface area contributed by atoms with E-state index in [4.69, 9.17) is 5.73 Å². The Hall–Kier alpha value is -4.49. The fourth-order valence-corrected chi connectivity index (χ4v) is 4.22. The molecule has 14 heteroatoms. The minimum Gasteiger partial charge on any atom is -0.385 e. The Bertz CT molecular complexity index is 1450. The first-order chi connectivity index (χ1) is 19.1. The molecule has 0 spiro atoms. The molecular formula is C26H29F3N8O3. The molecule has 0 atom stereocenters. The Morgan fingerprint density at radius 2 is 1.93 bits per heavy atom. The minimum atomic E-state index is -4.46. The first kappa shape index (κ1) is 28.5. The number of amides is 3. The average molecular weight is 559 g/mol. The van der Waals surface area contributed by atoms with E-state index in [2.05, 4.69) is 20.6 Å². The second-order valence-corrected chi connectivity index (χ2v) is 9.38. The van der Waals surface area contributed by atoms with E-state index in [1.54, 1.807) is 18.3 Å². The van der Waals surface area contributed by atoms with E-state index in [9.17, 15) is 27.6 Å². The minimum absolute atomic E-state index is 0.0326. The lowest BCUT2D eigenvalue weighted by Crippen LogP contribution is -2.30. The summed E-state index contributed by atoms with van der Waals surface area (Å²) in [7, 11) is 0. The zero-order chi connectivity index (χ0) is 28.7. The third-order valence-corrected chi connectivity index (χ3v) is 6.32. The molecule has 2 aromatic heterocycles. The predicted octanol–water partition coefficient (Wildman–Crippen LogP) is 2.14. The van der Waals surface area contributed by atoms with Gasteiger partial charge in [0.15, 0.2) is 5.69 Å². The lowest BCUT2D eigenvalue weighted by molar-refractivity contribution is -0.137. The summed E-state index contributed by atoms with van der Waals surface area (Å²) in [4.78, 5) is 41.7. The van der Waals surface area contributed by atoms with Gasteiger partial charge in [-0.05, 0) is 43.0 Å². The van der Waals surface area contributed by atoms with Crippen LogP contribution < -0.4 is 16.4 Å².